The Labute approximate surface area is 144 Å². The summed E-state index contributed by atoms with van der Waals surface area (Å²) in [6.45, 7) is 4.82. The average molecular weight is 343 g/mol. The number of rotatable bonds is 3. The molecule has 0 aromatic heterocycles. The largest absolute Gasteiger partial charge is 0.461 e. The summed E-state index contributed by atoms with van der Waals surface area (Å²) < 4.78 is 4.91. The van der Waals surface area contributed by atoms with Crippen LogP contribution in [0.3, 0.4) is 0 Å². The quantitative estimate of drug-likeness (QED) is 0.592. The topological polar surface area (TPSA) is 96.3 Å². The SMILES string of the molecule is CCOC(=O)C1=NN(C(C)=O)[C@@H]2C(=O)N(c3ccc(C)cc3)C(=O)[C@@H]12. The van der Waals surface area contributed by atoms with Gasteiger partial charge in [-0.25, -0.2) is 14.7 Å². The zero-order valence-electron chi connectivity index (χ0n) is 14.1. The zero-order chi connectivity index (χ0) is 18.3. The number of aryl methyl sites for hydroxylation is 1. The van der Waals surface area contributed by atoms with E-state index >= 15 is 0 Å². The Kier molecular flexibility index (Phi) is 4.12. The number of anilines is 1. The molecule has 0 aliphatic carbocycles. The molecule has 0 saturated carbocycles. The third-order valence-electron chi connectivity index (χ3n) is 4.15. The molecular weight excluding hydrogens is 326 g/mol. The first-order chi connectivity index (χ1) is 11.9. The van der Waals surface area contributed by atoms with Crippen molar-refractivity contribution in [2.45, 2.75) is 26.8 Å². The van der Waals surface area contributed by atoms with Crippen LogP contribution in [-0.4, -0.2) is 47.1 Å². The molecule has 2 heterocycles. The van der Waals surface area contributed by atoms with Crippen LogP contribution in [0.2, 0.25) is 0 Å². The fourth-order valence-electron chi connectivity index (χ4n) is 3.00. The van der Waals surface area contributed by atoms with Crippen LogP contribution in [0, 0.1) is 12.8 Å². The number of carbonyl (C=O) groups excluding carboxylic acids is 4. The number of hydrogen-bond acceptors (Lipinski definition) is 6. The molecule has 8 heteroatoms. The van der Waals surface area contributed by atoms with Crippen LogP contribution in [0.15, 0.2) is 29.4 Å². The van der Waals surface area contributed by atoms with Gasteiger partial charge in [0.05, 0.1) is 12.3 Å². The van der Waals surface area contributed by atoms with E-state index in [0.29, 0.717) is 5.69 Å². The van der Waals surface area contributed by atoms with Gasteiger partial charge >= 0.3 is 5.97 Å². The van der Waals surface area contributed by atoms with Crippen LogP contribution >= 0.6 is 0 Å². The first kappa shape index (κ1) is 16.8. The molecule has 25 heavy (non-hydrogen) atoms. The number of ether oxygens (including phenoxy) is 1. The number of hydrazone groups is 1. The molecule has 0 radical (unpaired) electrons. The molecule has 3 rings (SSSR count). The van der Waals surface area contributed by atoms with Crippen molar-refractivity contribution in [2.75, 3.05) is 11.5 Å². The maximum absolute atomic E-state index is 12.8. The number of fused-ring (bicyclic) bond motifs is 1. The van der Waals surface area contributed by atoms with Gasteiger partial charge in [-0.2, -0.15) is 5.10 Å². The van der Waals surface area contributed by atoms with Crippen LogP contribution in [0.25, 0.3) is 0 Å². The minimum Gasteiger partial charge on any atom is -0.461 e. The molecule has 1 aromatic rings. The second-order valence-corrected chi connectivity index (χ2v) is 5.84. The van der Waals surface area contributed by atoms with Crippen LogP contribution in [0.1, 0.15) is 19.4 Å². The number of imide groups is 1. The lowest BCUT2D eigenvalue weighted by molar-refractivity contribution is -0.136. The van der Waals surface area contributed by atoms with Crippen molar-refractivity contribution in [1.82, 2.24) is 5.01 Å². The lowest BCUT2D eigenvalue weighted by Gasteiger charge is -2.19. The molecule has 1 fully saturated rings. The van der Waals surface area contributed by atoms with Crippen molar-refractivity contribution in [3.63, 3.8) is 0 Å². The zero-order valence-corrected chi connectivity index (χ0v) is 14.1. The Morgan fingerprint density at radius 2 is 1.80 bits per heavy atom. The van der Waals surface area contributed by atoms with Gasteiger partial charge in [-0.3, -0.25) is 14.4 Å². The fraction of sp³-hybridized carbons (Fsp3) is 0.353. The van der Waals surface area contributed by atoms with Crippen molar-refractivity contribution in [1.29, 1.82) is 0 Å². The van der Waals surface area contributed by atoms with E-state index in [9.17, 15) is 19.2 Å². The van der Waals surface area contributed by atoms with Gasteiger partial charge in [0, 0.05) is 6.92 Å². The molecule has 2 aliphatic rings. The molecule has 2 aliphatic heterocycles. The van der Waals surface area contributed by atoms with E-state index in [-0.39, 0.29) is 12.3 Å². The summed E-state index contributed by atoms with van der Waals surface area (Å²) in [5.74, 6) is -3.64. The predicted octanol–water partition coefficient (Wildman–Crippen LogP) is 0.634. The van der Waals surface area contributed by atoms with Gasteiger partial charge in [0.25, 0.3) is 5.91 Å². The third kappa shape index (κ3) is 2.59. The smallest absolute Gasteiger partial charge is 0.355 e. The minimum atomic E-state index is -1.15. The van der Waals surface area contributed by atoms with E-state index in [0.717, 1.165) is 15.5 Å². The van der Waals surface area contributed by atoms with Crippen molar-refractivity contribution in [2.24, 2.45) is 11.0 Å². The Bertz CT molecular complexity index is 799. The Morgan fingerprint density at radius 3 is 2.36 bits per heavy atom. The number of esters is 1. The number of benzene rings is 1. The van der Waals surface area contributed by atoms with Gasteiger partial charge < -0.3 is 4.74 Å². The van der Waals surface area contributed by atoms with E-state index in [1.54, 1.807) is 31.2 Å². The van der Waals surface area contributed by atoms with Gasteiger partial charge in [-0.1, -0.05) is 17.7 Å². The minimum absolute atomic E-state index is 0.0964. The maximum Gasteiger partial charge on any atom is 0.355 e. The highest BCUT2D eigenvalue weighted by Gasteiger charge is 2.59. The maximum atomic E-state index is 12.8. The summed E-state index contributed by atoms with van der Waals surface area (Å²) in [6, 6.07) is 5.68. The van der Waals surface area contributed by atoms with E-state index in [2.05, 4.69) is 5.10 Å². The van der Waals surface area contributed by atoms with E-state index in [4.69, 9.17) is 4.74 Å². The molecule has 2 atom stereocenters. The van der Waals surface area contributed by atoms with Gasteiger partial charge in [0.1, 0.15) is 5.92 Å². The first-order valence-electron chi connectivity index (χ1n) is 7.86. The van der Waals surface area contributed by atoms with E-state index < -0.39 is 35.7 Å². The van der Waals surface area contributed by atoms with E-state index in [1.165, 1.54) is 6.92 Å². The summed E-state index contributed by atoms with van der Waals surface area (Å²) in [7, 11) is 0. The molecule has 8 nitrogen and oxygen atoms in total. The predicted molar refractivity (Wildman–Crippen MR) is 87.5 cm³/mol. The van der Waals surface area contributed by atoms with Gasteiger partial charge in [0.2, 0.25) is 11.8 Å². The number of hydrogen-bond donors (Lipinski definition) is 0. The highest BCUT2D eigenvalue weighted by molar-refractivity contribution is 6.47. The summed E-state index contributed by atoms with van der Waals surface area (Å²) in [5.41, 5.74) is 1.15. The van der Waals surface area contributed by atoms with Crippen LogP contribution < -0.4 is 4.90 Å². The van der Waals surface area contributed by atoms with Crippen molar-refractivity contribution in [3.05, 3.63) is 29.8 Å². The third-order valence-corrected chi connectivity index (χ3v) is 4.15. The molecule has 0 unspecified atom stereocenters. The second kappa shape index (κ2) is 6.12. The second-order valence-electron chi connectivity index (χ2n) is 5.84. The fourth-order valence-corrected chi connectivity index (χ4v) is 3.00. The first-order valence-corrected chi connectivity index (χ1v) is 7.86. The molecule has 3 amide bonds. The Morgan fingerprint density at radius 1 is 1.16 bits per heavy atom. The summed E-state index contributed by atoms with van der Waals surface area (Å²) >= 11 is 0. The highest BCUT2D eigenvalue weighted by atomic mass is 16.5. The number of amides is 3. The monoisotopic (exact) mass is 343 g/mol. The highest BCUT2D eigenvalue weighted by Crippen LogP contribution is 2.35. The van der Waals surface area contributed by atoms with Gasteiger partial charge in [0.15, 0.2) is 11.8 Å². The van der Waals surface area contributed by atoms with Gasteiger partial charge in [-0.05, 0) is 26.0 Å². The Balaban J connectivity index is 2.03. The lowest BCUT2D eigenvalue weighted by Crippen LogP contribution is -2.41. The molecule has 1 aromatic carbocycles. The summed E-state index contributed by atoms with van der Waals surface area (Å²) in [4.78, 5) is 50.6. The van der Waals surface area contributed by atoms with Crippen molar-refractivity contribution >= 4 is 35.1 Å². The molecular formula is C17H17N3O5. The van der Waals surface area contributed by atoms with Crippen LogP contribution in [0.5, 0.6) is 0 Å². The van der Waals surface area contributed by atoms with Crippen molar-refractivity contribution in [3.8, 4) is 0 Å². The standard InChI is InChI=1S/C17H17N3O5/c1-4-25-17(24)13-12-14(20(18-13)10(3)21)16(23)19(15(12)22)11-7-5-9(2)6-8-11/h5-8,12,14H,4H2,1-3H3/t12-,14-/m0/s1. The lowest BCUT2D eigenvalue weighted by atomic mass is 9.98. The summed E-state index contributed by atoms with van der Waals surface area (Å²) in [5, 5.41) is 4.79. The molecule has 0 N–H and O–H groups in total. The summed E-state index contributed by atoms with van der Waals surface area (Å²) in [6.07, 6.45) is 0. The normalized spacial score (nSPS) is 22.1. The van der Waals surface area contributed by atoms with E-state index in [1.807, 2.05) is 6.92 Å². The Hall–Kier alpha value is -3.03. The molecule has 1 saturated heterocycles. The average Bonchev–Trinajstić information content (AvgIpc) is 3.07. The van der Waals surface area contributed by atoms with Crippen molar-refractivity contribution < 1.29 is 23.9 Å². The van der Waals surface area contributed by atoms with Gasteiger partial charge in [-0.15, -0.1) is 0 Å². The van der Waals surface area contributed by atoms with Crippen LogP contribution in [0.4, 0.5) is 5.69 Å². The molecule has 0 bridgehead atoms. The number of carbonyl (C=O) groups is 4. The molecule has 0 spiro atoms. The number of nitrogens with zero attached hydrogens (tertiary/aromatic N) is 3. The van der Waals surface area contributed by atoms with Crippen LogP contribution in [-0.2, 0) is 23.9 Å². The molecule has 130 valence electrons.